The lowest BCUT2D eigenvalue weighted by Gasteiger charge is -2.14. The average molecular weight is 286 g/mol. The van der Waals surface area contributed by atoms with E-state index in [-0.39, 0.29) is 11.2 Å². The molecule has 0 spiro atoms. The average Bonchev–Trinajstić information content (AvgIpc) is 2.47. The molecule has 5 heteroatoms. The van der Waals surface area contributed by atoms with Crippen molar-refractivity contribution < 1.29 is 0 Å². The van der Waals surface area contributed by atoms with Gasteiger partial charge in [-0.25, -0.2) is 4.68 Å². The van der Waals surface area contributed by atoms with Crippen LogP contribution in [0.4, 0.5) is 5.69 Å². The van der Waals surface area contributed by atoms with Gasteiger partial charge in [-0.05, 0) is 18.4 Å². The van der Waals surface area contributed by atoms with Crippen LogP contribution in [0.2, 0.25) is 0 Å². The summed E-state index contributed by atoms with van der Waals surface area (Å²) in [7, 11) is 0. The van der Waals surface area contributed by atoms with E-state index in [9.17, 15) is 4.79 Å². The van der Waals surface area contributed by atoms with Gasteiger partial charge in [-0.3, -0.25) is 4.79 Å². The van der Waals surface area contributed by atoms with Crippen LogP contribution in [0.15, 0.2) is 29.1 Å². The van der Waals surface area contributed by atoms with E-state index in [0.717, 1.165) is 22.4 Å². The van der Waals surface area contributed by atoms with Gasteiger partial charge in [-0.2, -0.15) is 5.10 Å². The zero-order valence-corrected chi connectivity index (χ0v) is 12.8. The molecule has 1 aromatic heterocycles. The van der Waals surface area contributed by atoms with Crippen molar-refractivity contribution in [2.45, 2.75) is 33.9 Å². The zero-order chi connectivity index (χ0) is 15.6. The number of nitrogen functional groups attached to an aromatic ring is 1. The maximum absolute atomic E-state index is 12.2. The van der Waals surface area contributed by atoms with Gasteiger partial charge < -0.3 is 11.5 Å². The number of nitrogens with zero attached hydrogens (tertiary/aromatic N) is 2. The molecule has 4 N–H and O–H groups in total. The fraction of sp³-hybridized carbons (Fsp3) is 0.375. The Morgan fingerprint density at radius 3 is 2.38 bits per heavy atom. The van der Waals surface area contributed by atoms with Gasteiger partial charge in [0, 0.05) is 24.2 Å². The Hall–Kier alpha value is -2.14. The first kappa shape index (κ1) is 15.3. The number of aromatic nitrogens is 2. The van der Waals surface area contributed by atoms with Gasteiger partial charge in [0.05, 0.1) is 5.69 Å². The molecule has 0 unspecified atom stereocenters. The number of nitrogens with two attached hydrogens (primary N) is 2. The van der Waals surface area contributed by atoms with Crippen LogP contribution < -0.4 is 17.0 Å². The summed E-state index contributed by atoms with van der Waals surface area (Å²) in [5.41, 5.74) is 15.1. The SMILES string of the molecule is Cc1c(-c2ccc(CN)cc2)nn(CC(C)C)c(=O)c1N. The first-order valence-corrected chi connectivity index (χ1v) is 7.10. The van der Waals surface area contributed by atoms with Gasteiger partial charge in [-0.15, -0.1) is 0 Å². The molecule has 5 nitrogen and oxygen atoms in total. The lowest BCUT2D eigenvalue weighted by atomic mass is 10.0. The lowest BCUT2D eigenvalue weighted by Crippen LogP contribution is -2.29. The largest absolute Gasteiger partial charge is 0.394 e. The predicted octanol–water partition coefficient (Wildman–Crippen LogP) is 1.92. The molecule has 0 saturated heterocycles. The van der Waals surface area contributed by atoms with E-state index in [2.05, 4.69) is 5.10 Å². The molecule has 2 rings (SSSR count). The van der Waals surface area contributed by atoms with E-state index in [1.54, 1.807) is 0 Å². The number of rotatable bonds is 4. The number of hydrogen-bond donors (Lipinski definition) is 2. The fourth-order valence-electron chi connectivity index (χ4n) is 2.21. The van der Waals surface area contributed by atoms with Gasteiger partial charge in [0.15, 0.2) is 0 Å². The molecule has 0 aliphatic carbocycles. The molecule has 0 radical (unpaired) electrons. The monoisotopic (exact) mass is 286 g/mol. The summed E-state index contributed by atoms with van der Waals surface area (Å²) in [5, 5.41) is 4.49. The van der Waals surface area contributed by atoms with Crippen molar-refractivity contribution in [3.05, 3.63) is 45.7 Å². The van der Waals surface area contributed by atoms with Gasteiger partial charge in [0.2, 0.25) is 0 Å². The van der Waals surface area contributed by atoms with Gasteiger partial charge in [0.1, 0.15) is 5.69 Å². The van der Waals surface area contributed by atoms with E-state index in [1.165, 1.54) is 4.68 Å². The van der Waals surface area contributed by atoms with Crippen LogP contribution in [0.5, 0.6) is 0 Å². The molecule has 0 fully saturated rings. The molecule has 0 saturated carbocycles. The van der Waals surface area contributed by atoms with Crippen LogP contribution in [0.25, 0.3) is 11.3 Å². The Bertz CT molecular complexity index is 687. The second-order valence-corrected chi connectivity index (χ2v) is 5.67. The summed E-state index contributed by atoms with van der Waals surface area (Å²) in [4.78, 5) is 12.2. The summed E-state index contributed by atoms with van der Waals surface area (Å²) in [6.45, 7) is 6.97. The topological polar surface area (TPSA) is 86.9 Å². The molecule has 0 bridgehead atoms. The van der Waals surface area contributed by atoms with Crippen LogP contribution in [0.3, 0.4) is 0 Å². The minimum absolute atomic E-state index is 0.219. The highest BCUT2D eigenvalue weighted by atomic mass is 16.1. The maximum atomic E-state index is 12.2. The van der Waals surface area contributed by atoms with Crippen molar-refractivity contribution >= 4 is 5.69 Å². The Morgan fingerprint density at radius 1 is 1.24 bits per heavy atom. The standard InChI is InChI=1S/C16H22N4O/c1-10(2)9-20-16(21)14(18)11(3)15(19-20)13-6-4-12(8-17)5-7-13/h4-7,10H,8-9,17-18H2,1-3H3. The van der Waals surface area contributed by atoms with Crippen LogP contribution >= 0.6 is 0 Å². The van der Waals surface area contributed by atoms with Crippen molar-refractivity contribution in [3.63, 3.8) is 0 Å². The molecular formula is C16H22N4O. The highest BCUT2D eigenvalue weighted by molar-refractivity contribution is 5.68. The first-order chi connectivity index (χ1) is 9.93. The molecule has 21 heavy (non-hydrogen) atoms. The smallest absolute Gasteiger partial charge is 0.290 e. The predicted molar refractivity (Wildman–Crippen MR) is 85.8 cm³/mol. The molecule has 0 amide bonds. The zero-order valence-electron chi connectivity index (χ0n) is 12.8. The Labute approximate surface area is 124 Å². The summed E-state index contributed by atoms with van der Waals surface area (Å²) < 4.78 is 1.46. The highest BCUT2D eigenvalue weighted by Crippen LogP contribution is 2.23. The second kappa shape index (κ2) is 6.10. The normalized spacial score (nSPS) is 11.1. The van der Waals surface area contributed by atoms with Crippen LogP contribution in [0.1, 0.15) is 25.0 Å². The molecule has 1 aromatic carbocycles. The van der Waals surface area contributed by atoms with Crippen LogP contribution in [-0.2, 0) is 13.1 Å². The van der Waals surface area contributed by atoms with Crippen molar-refractivity contribution in [1.29, 1.82) is 0 Å². The van der Waals surface area contributed by atoms with E-state index in [0.29, 0.717) is 19.0 Å². The molecule has 0 atom stereocenters. The van der Waals surface area contributed by atoms with Crippen molar-refractivity contribution in [3.8, 4) is 11.3 Å². The van der Waals surface area contributed by atoms with Crippen LogP contribution in [0, 0.1) is 12.8 Å². The molecule has 112 valence electrons. The van der Waals surface area contributed by atoms with Crippen molar-refractivity contribution in [1.82, 2.24) is 9.78 Å². The Kier molecular flexibility index (Phi) is 4.43. The van der Waals surface area contributed by atoms with Crippen molar-refractivity contribution in [2.24, 2.45) is 11.7 Å². The van der Waals surface area contributed by atoms with E-state index >= 15 is 0 Å². The summed E-state index contributed by atoms with van der Waals surface area (Å²) in [6.07, 6.45) is 0. The number of benzene rings is 1. The van der Waals surface area contributed by atoms with E-state index in [4.69, 9.17) is 11.5 Å². The molecular weight excluding hydrogens is 264 g/mol. The molecule has 2 aromatic rings. The molecule has 1 heterocycles. The highest BCUT2D eigenvalue weighted by Gasteiger charge is 2.14. The quantitative estimate of drug-likeness (QED) is 0.899. The molecule has 0 aliphatic heterocycles. The van der Waals surface area contributed by atoms with Crippen molar-refractivity contribution in [2.75, 3.05) is 5.73 Å². The van der Waals surface area contributed by atoms with E-state index < -0.39 is 0 Å². The molecule has 0 aliphatic rings. The third kappa shape index (κ3) is 3.13. The van der Waals surface area contributed by atoms with Gasteiger partial charge >= 0.3 is 0 Å². The first-order valence-electron chi connectivity index (χ1n) is 7.10. The number of anilines is 1. The van der Waals surface area contributed by atoms with Gasteiger partial charge in [0.25, 0.3) is 5.56 Å². The minimum Gasteiger partial charge on any atom is -0.394 e. The lowest BCUT2D eigenvalue weighted by molar-refractivity contribution is 0.466. The number of hydrogen-bond acceptors (Lipinski definition) is 4. The van der Waals surface area contributed by atoms with E-state index in [1.807, 2.05) is 45.0 Å². The minimum atomic E-state index is -0.219. The third-order valence-electron chi connectivity index (χ3n) is 3.45. The summed E-state index contributed by atoms with van der Waals surface area (Å²) in [6, 6.07) is 7.84. The fourth-order valence-corrected chi connectivity index (χ4v) is 2.21. The Morgan fingerprint density at radius 2 is 1.86 bits per heavy atom. The Balaban J connectivity index is 2.56. The van der Waals surface area contributed by atoms with Crippen LogP contribution in [-0.4, -0.2) is 9.78 Å². The summed E-state index contributed by atoms with van der Waals surface area (Å²) >= 11 is 0. The van der Waals surface area contributed by atoms with Gasteiger partial charge in [-0.1, -0.05) is 38.1 Å². The third-order valence-corrected chi connectivity index (χ3v) is 3.45. The summed E-state index contributed by atoms with van der Waals surface area (Å²) in [5.74, 6) is 0.324. The maximum Gasteiger partial charge on any atom is 0.290 e. The second-order valence-electron chi connectivity index (χ2n) is 5.67.